The molecule has 2 aromatic rings. The SMILES string of the molecule is CC(=O)c1ccc(N(N)CSC(=S)Nc2ccccc2F)cn1. The Bertz CT molecular complexity index is 709. The van der Waals surface area contributed by atoms with Crippen molar-refractivity contribution in [2.45, 2.75) is 6.92 Å². The first kappa shape index (κ1) is 17.3. The number of hydrogen-bond donors (Lipinski definition) is 2. The summed E-state index contributed by atoms with van der Waals surface area (Å²) >= 11 is 6.41. The lowest BCUT2D eigenvalue weighted by Gasteiger charge is -2.18. The predicted octanol–water partition coefficient (Wildman–Crippen LogP) is 3.19. The average Bonchev–Trinajstić information content (AvgIpc) is 2.55. The third kappa shape index (κ3) is 4.98. The molecule has 3 N–H and O–H groups in total. The fourth-order valence-electron chi connectivity index (χ4n) is 1.68. The number of halogens is 1. The minimum absolute atomic E-state index is 0.107. The molecule has 8 heteroatoms. The fourth-order valence-corrected chi connectivity index (χ4v) is 2.53. The van der Waals surface area contributed by atoms with Crippen molar-refractivity contribution in [1.82, 2.24) is 4.98 Å². The van der Waals surface area contributed by atoms with Crippen LogP contribution in [0.5, 0.6) is 0 Å². The number of pyridine rings is 1. The quantitative estimate of drug-likeness (QED) is 0.282. The molecule has 0 bridgehead atoms. The molecular formula is C15H15FN4OS2. The first-order valence-corrected chi connectivity index (χ1v) is 8.04. The van der Waals surface area contributed by atoms with Crippen molar-refractivity contribution in [3.63, 3.8) is 0 Å². The van der Waals surface area contributed by atoms with Crippen molar-refractivity contribution >= 4 is 45.5 Å². The summed E-state index contributed by atoms with van der Waals surface area (Å²) in [4.78, 5) is 15.2. The normalized spacial score (nSPS) is 10.2. The van der Waals surface area contributed by atoms with E-state index < -0.39 is 0 Å². The van der Waals surface area contributed by atoms with Crippen LogP contribution in [-0.2, 0) is 0 Å². The average molecular weight is 350 g/mol. The highest BCUT2D eigenvalue weighted by Gasteiger charge is 2.08. The largest absolute Gasteiger partial charge is 0.339 e. The number of thiocarbonyl (C=S) groups is 1. The molecule has 0 saturated heterocycles. The number of hydrogen-bond acceptors (Lipinski definition) is 6. The number of rotatable bonds is 5. The Balaban J connectivity index is 1.88. The van der Waals surface area contributed by atoms with E-state index in [9.17, 15) is 9.18 Å². The van der Waals surface area contributed by atoms with Gasteiger partial charge in [0, 0.05) is 6.92 Å². The van der Waals surface area contributed by atoms with Gasteiger partial charge in [0.1, 0.15) is 15.8 Å². The first-order valence-electron chi connectivity index (χ1n) is 6.65. The molecule has 0 aliphatic heterocycles. The van der Waals surface area contributed by atoms with Gasteiger partial charge in [0.2, 0.25) is 0 Å². The monoisotopic (exact) mass is 350 g/mol. The second-order valence-corrected chi connectivity index (χ2v) is 6.22. The number of thioether (sulfide) groups is 1. The molecule has 0 spiro atoms. The van der Waals surface area contributed by atoms with Crippen LogP contribution in [0.25, 0.3) is 0 Å². The van der Waals surface area contributed by atoms with Crippen LogP contribution in [0.2, 0.25) is 0 Å². The minimum Gasteiger partial charge on any atom is -0.339 e. The van der Waals surface area contributed by atoms with Crippen molar-refractivity contribution in [3.05, 3.63) is 54.1 Å². The number of aromatic nitrogens is 1. The third-order valence-electron chi connectivity index (χ3n) is 2.89. The molecule has 0 aliphatic rings. The Kier molecular flexibility index (Phi) is 6.03. The highest BCUT2D eigenvalue weighted by atomic mass is 32.2. The van der Waals surface area contributed by atoms with E-state index in [1.54, 1.807) is 30.3 Å². The Labute approximate surface area is 143 Å². The number of para-hydroxylation sites is 1. The molecule has 23 heavy (non-hydrogen) atoms. The van der Waals surface area contributed by atoms with Crippen LogP contribution in [0.4, 0.5) is 15.8 Å². The molecule has 0 radical (unpaired) electrons. The maximum absolute atomic E-state index is 13.5. The second kappa shape index (κ2) is 8.00. The van der Waals surface area contributed by atoms with E-state index in [-0.39, 0.29) is 11.6 Å². The van der Waals surface area contributed by atoms with Crippen LogP contribution < -0.4 is 16.2 Å². The van der Waals surface area contributed by atoms with Crippen LogP contribution in [-0.4, -0.2) is 21.0 Å². The van der Waals surface area contributed by atoms with Gasteiger partial charge in [-0.2, -0.15) is 0 Å². The van der Waals surface area contributed by atoms with Crippen molar-refractivity contribution in [3.8, 4) is 0 Å². The highest BCUT2D eigenvalue weighted by Crippen LogP contribution is 2.18. The van der Waals surface area contributed by atoms with Gasteiger partial charge in [-0.25, -0.2) is 10.2 Å². The van der Waals surface area contributed by atoms with Crippen molar-refractivity contribution < 1.29 is 9.18 Å². The van der Waals surface area contributed by atoms with Crippen LogP contribution in [0.1, 0.15) is 17.4 Å². The lowest BCUT2D eigenvalue weighted by atomic mass is 10.2. The molecule has 2 rings (SSSR count). The Morgan fingerprint density at radius 3 is 2.74 bits per heavy atom. The molecule has 0 aliphatic carbocycles. The maximum Gasteiger partial charge on any atom is 0.178 e. The molecule has 120 valence electrons. The summed E-state index contributed by atoms with van der Waals surface area (Å²) in [6, 6.07) is 9.60. The zero-order valence-corrected chi connectivity index (χ0v) is 14.0. The second-order valence-electron chi connectivity index (χ2n) is 4.59. The minimum atomic E-state index is -0.371. The molecular weight excluding hydrogens is 335 g/mol. The van der Waals surface area contributed by atoms with E-state index in [2.05, 4.69) is 10.3 Å². The number of nitrogens with one attached hydrogen (secondary N) is 1. The number of anilines is 2. The van der Waals surface area contributed by atoms with Gasteiger partial charge in [0.15, 0.2) is 5.78 Å². The van der Waals surface area contributed by atoms with Gasteiger partial charge in [-0.15, -0.1) is 0 Å². The number of Topliss-reactive ketones (excluding diaryl/α,β-unsaturated/α-hetero) is 1. The predicted molar refractivity (Wildman–Crippen MR) is 96.0 cm³/mol. The number of carbonyl (C=O) groups excluding carboxylic acids is 1. The number of nitrogens with two attached hydrogens (primary N) is 1. The summed E-state index contributed by atoms with van der Waals surface area (Å²) in [6.07, 6.45) is 1.52. The molecule has 1 heterocycles. The zero-order valence-electron chi connectivity index (χ0n) is 12.3. The maximum atomic E-state index is 13.5. The lowest BCUT2D eigenvalue weighted by Crippen LogP contribution is -2.31. The molecule has 0 fully saturated rings. The highest BCUT2D eigenvalue weighted by molar-refractivity contribution is 8.23. The van der Waals surface area contributed by atoms with Gasteiger partial charge in [-0.05, 0) is 24.3 Å². The molecule has 0 unspecified atom stereocenters. The molecule has 0 saturated carbocycles. The van der Waals surface area contributed by atoms with E-state index in [1.165, 1.54) is 36.0 Å². The van der Waals surface area contributed by atoms with Crippen LogP contribution in [0.15, 0.2) is 42.6 Å². The lowest BCUT2D eigenvalue weighted by molar-refractivity contribution is 0.101. The molecule has 0 atom stereocenters. The number of carbonyl (C=O) groups is 1. The van der Waals surface area contributed by atoms with Crippen LogP contribution in [0.3, 0.4) is 0 Å². The van der Waals surface area contributed by atoms with Crippen molar-refractivity contribution in [1.29, 1.82) is 0 Å². The number of hydrazine groups is 1. The van der Waals surface area contributed by atoms with Gasteiger partial charge in [0.05, 0.1) is 23.4 Å². The zero-order chi connectivity index (χ0) is 16.8. The molecule has 1 aromatic carbocycles. The van der Waals surface area contributed by atoms with E-state index in [4.69, 9.17) is 18.1 Å². The van der Waals surface area contributed by atoms with Gasteiger partial charge >= 0.3 is 0 Å². The Morgan fingerprint density at radius 1 is 1.39 bits per heavy atom. The Morgan fingerprint density at radius 2 is 2.13 bits per heavy atom. The topological polar surface area (TPSA) is 71.2 Å². The standard InChI is InChI=1S/C15H15FN4OS2/c1-10(21)13-7-6-11(8-18-13)20(17)9-23-15(22)19-14-5-3-2-4-12(14)16/h2-8H,9,17H2,1H3,(H,19,22). The molecule has 0 amide bonds. The molecule has 1 aromatic heterocycles. The summed E-state index contributed by atoms with van der Waals surface area (Å²) in [6.45, 7) is 1.45. The van der Waals surface area contributed by atoms with E-state index in [1.807, 2.05) is 0 Å². The fraction of sp³-hybridized carbons (Fsp3) is 0.133. The number of nitrogens with zero attached hydrogens (tertiary/aromatic N) is 2. The van der Waals surface area contributed by atoms with E-state index in [0.29, 0.717) is 27.3 Å². The number of ketones is 1. The summed E-state index contributed by atoms with van der Waals surface area (Å²) in [5.74, 6) is 5.79. The van der Waals surface area contributed by atoms with Crippen LogP contribution in [0, 0.1) is 5.82 Å². The van der Waals surface area contributed by atoms with E-state index in [0.717, 1.165) is 0 Å². The summed E-state index contributed by atoms with van der Waals surface area (Å²) < 4.78 is 13.9. The van der Waals surface area contributed by atoms with Gasteiger partial charge in [0.25, 0.3) is 0 Å². The third-order valence-corrected chi connectivity index (χ3v) is 4.11. The van der Waals surface area contributed by atoms with Crippen molar-refractivity contribution in [2.24, 2.45) is 5.84 Å². The number of benzene rings is 1. The summed E-state index contributed by atoms with van der Waals surface area (Å²) in [7, 11) is 0. The molecule has 5 nitrogen and oxygen atoms in total. The van der Waals surface area contributed by atoms with Crippen LogP contribution >= 0.6 is 24.0 Å². The first-order chi connectivity index (χ1) is 11.0. The Hall–Kier alpha value is -2.03. The van der Waals surface area contributed by atoms with Gasteiger partial charge < -0.3 is 5.32 Å². The van der Waals surface area contributed by atoms with Gasteiger partial charge in [-0.1, -0.05) is 36.1 Å². The van der Waals surface area contributed by atoms with E-state index >= 15 is 0 Å². The van der Waals surface area contributed by atoms with Crippen molar-refractivity contribution in [2.75, 3.05) is 16.2 Å². The smallest absolute Gasteiger partial charge is 0.178 e. The summed E-state index contributed by atoms with van der Waals surface area (Å²) in [5, 5.41) is 4.26. The van der Waals surface area contributed by atoms with Gasteiger partial charge in [-0.3, -0.25) is 14.8 Å². The summed E-state index contributed by atoms with van der Waals surface area (Å²) in [5.41, 5.74) is 1.35.